The number of rotatable bonds is 3. The van der Waals surface area contributed by atoms with Gasteiger partial charge in [0.05, 0.1) is 0 Å². The number of hydrogen-bond donors (Lipinski definition) is 1. The molecule has 2 aromatic rings. The lowest BCUT2D eigenvalue weighted by molar-refractivity contribution is 0.0992. The molecular weight excluding hydrogens is 236 g/mol. The Balaban J connectivity index is 2.16. The molecule has 0 aliphatic rings. The third-order valence-corrected chi connectivity index (χ3v) is 2.59. The minimum absolute atomic E-state index is 0.130. The molecule has 92 valence electrons. The number of halogens is 2. The zero-order valence-corrected chi connectivity index (χ0v) is 9.49. The fraction of sp³-hybridized carbons (Fsp3) is 0.0714. The van der Waals surface area contributed by atoms with E-state index in [1.165, 1.54) is 6.07 Å². The summed E-state index contributed by atoms with van der Waals surface area (Å²) in [5.74, 6) is -2.24. The number of Topliss-reactive ketones (excluding diaryl/α,β-unsaturated/α-hetero) is 1. The van der Waals surface area contributed by atoms with Crippen LogP contribution in [-0.2, 0) is 6.42 Å². The highest BCUT2D eigenvalue weighted by molar-refractivity contribution is 5.97. The Morgan fingerprint density at radius 2 is 1.67 bits per heavy atom. The zero-order valence-electron chi connectivity index (χ0n) is 9.49. The van der Waals surface area contributed by atoms with E-state index < -0.39 is 11.6 Å². The number of anilines is 1. The van der Waals surface area contributed by atoms with Gasteiger partial charge in [0.2, 0.25) is 0 Å². The van der Waals surface area contributed by atoms with Crippen molar-refractivity contribution in [2.45, 2.75) is 6.42 Å². The predicted octanol–water partition coefficient (Wildman–Crippen LogP) is 2.97. The van der Waals surface area contributed by atoms with Gasteiger partial charge in [-0.1, -0.05) is 12.1 Å². The molecule has 0 spiro atoms. The number of benzene rings is 2. The highest BCUT2D eigenvalue weighted by atomic mass is 19.2. The number of carbonyl (C=O) groups is 1. The molecule has 0 atom stereocenters. The van der Waals surface area contributed by atoms with Gasteiger partial charge in [-0.25, -0.2) is 8.78 Å². The molecule has 0 aliphatic carbocycles. The molecule has 2 rings (SSSR count). The van der Waals surface area contributed by atoms with Gasteiger partial charge in [0.25, 0.3) is 0 Å². The van der Waals surface area contributed by atoms with Gasteiger partial charge >= 0.3 is 0 Å². The van der Waals surface area contributed by atoms with Crippen molar-refractivity contribution in [1.82, 2.24) is 0 Å². The van der Waals surface area contributed by atoms with Crippen molar-refractivity contribution < 1.29 is 13.6 Å². The van der Waals surface area contributed by atoms with E-state index in [1.807, 2.05) is 0 Å². The highest BCUT2D eigenvalue weighted by Crippen LogP contribution is 2.13. The molecular formula is C14H11F2NO. The zero-order chi connectivity index (χ0) is 13.1. The molecule has 0 saturated heterocycles. The van der Waals surface area contributed by atoms with Gasteiger partial charge in [0.1, 0.15) is 0 Å². The summed E-state index contributed by atoms with van der Waals surface area (Å²) >= 11 is 0. The molecule has 2 nitrogen and oxygen atoms in total. The first kappa shape index (κ1) is 12.2. The van der Waals surface area contributed by atoms with Gasteiger partial charge in [-0.15, -0.1) is 0 Å². The molecule has 0 bridgehead atoms. The highest BCUT2D eigenvalue weighted by Gasteiger charge is 2.10. The van der Waals surface area contributed by atoms with Crippen molar-refractivity contribution in [3.8, 4) is 0 Å². The standard InChI is InChI=1S/C14H11F2NO/c15-12-6-3-10(8-13(12)16)14(18)7-9-1-4-11(17)5-2-9/h1-6,8H,7,17H2. The lowest BCUT2D eigenvalue weighted by atomic mass is 10.0. The van der Waals surface area contributed by atoms with Crippen molar-refractivity contribution >= 4 is 11.5 Å². The Kier molecular flexibility index (Phi) is 3.37. The third-order valence-electron chi connectivity index (χ3n) is 2.59. The first-order valence-corrected chi connectivity index (χ1v) is 5.39. The van der Waals surface area contributed by atoms with Crippen molar-refractivity contribution in [3.63, 3.8) is 0 Å². The van der Waals surface area contributed by atoms with Crippen LogP contribution in [0.2, 0.25) is 0 Å². The Morgan fingerprint density at radius 1 is 1.00 bits per heavy atom. The summed E-state index contributed by atoms with van der Waals surface area (Å²) in [6.07, 6.45) is 0.130. The van der Waals surface area contributed by atoms with Gasteiger partial charge in [0.15, 0.2) is 17.4 Å². The topological polar surface area (TPSA) is 43.1 Å². The van der Waals surface area contributed by atoms with Crippen molar-refractivity contribution in [3.05, 3.63) is 65.2 Å². The molecule has 0 heterocycles. The van der Waals surface area contributed by atoms with Gasteiger partial charge in [-0.3, -0.25) is 4.79 Å². The predicted molar refractivity (Wildman–Crippen MR) is 65.2 cm³/mol. The van der Waals surface area contributed by atoms with E-state index >= 15 is 0 Å². The Labute approximate surface area is 103 Å². The van der Waals surface area contributed by atoms with Crippen LogP contribution in [0.25, 0.3) is 0 Å². The fourth-order valence-corrected chi connectivity index (χ4v) is 1.59. The SMILES string of the molecule is Nc1ccc(CC(=O)c2ccc(F)c(F)c2)cc1. The largest absolute Gasteiger partial charge is 0.399 e. The lowest BCUT2D eigenvalue weighted by Crippen LogP contribution is -2.04. The molecule has 0 radical (unpaired) electrons. The van der Waals surface area contributed by atoms with Crippen LogP contribution in [0.4, 0.5) is 14.5 Å². The minimum atomic E-state index is -1.02. The second-order valence-electron chi connectivity index (χ2n) is 3.97. The minimum Gasteiger partial charge on any atom is -0.399 e. The van der Waals surface area contributed by atoms with Crippen LogP contribution in [-0.4, -0.2) is 5.78 Å². The molecule has 0 aliphatic heterocycles. The molecule has 0 aromatic heterocycles. The lowest BCUT2D eigenvalue weighted by Gasteiger charge is -2.03. The van der Waals surface area contributed by atoms with E-state index in [2.05, 4.69) is 0 Å². The van der Waals surface area contributed by atoms with Crippen LogP contribution in [0.1, 0.15) is 15.9 Å². The number of carbonyl (C=O) groups excluding carboxylic acids is 1. The molecule has 2 aromatic carbocycles. The van der Waals surface area contributed by atoms with E-state index in [4.69, 9.17) is 5.73 Å². The van der Waals surface area contributed by atoms with E-state index in [0.29, 0.717) is 5.69 Å². The molecule has 0 fully saturated rings. The summed E-state index contributed by atoms with van der Waals surface area (Å²) in [5.41, 5.74) is 7.07. The van der Waals surface area contributed by atoms with E-state index in [1.54, 1.807) is 24.3 Å². The Hall–Kier alpha value is -2.23. The first-order chi connectivity index (χ1) is 8.56. The molecule has 0 amide bonds. The fourth-order valence-electron chi connectivity index (χ4n) is 1.59. The number of hydrogen-bond acceptors (Lipinski definition) is 2. The summed E-state index contributed by atoms with van der Waals surface area (Å²) < 4.78 is 25.7. The third kappa shape index (κ3) is 2.71. The summed E-state index contributed by atoms with van der Waals surface area (Å²) in [6.45, 7) is 0. The Morgan fingerprint density at radius 3 is 2.28 bits per heavy atom. The maximum atomic E-state index is 13.0. The number of ketones is 1. The van der Waals surface area contributed by atoms with E-state index in [9.17, 15) is 13.6 Å². The smallest absolute Gasteiger partial charge is 0.167 e. The second kappa shape index (κ2) is 4.96. The molecule has 2 N–H and O–H groups in total. The number of nitrogen functional groups attached to an aromatic ring is 1. The van der Waals surface area contributed by atoms with Gasteiger partial charge in [0, 0.05) is 17.7 Å². The normalized spacial score (nSPS) is 10.3. The van der Waals surface area contributed by atoms with Crippen molar-refractivity contribution in [2.75, 3.05) is 5.73 Å². The summed E-state index contributed by atoms with van der Waals surface area (Å²) in [5, 5.41) is 0. The monoisotopic (exact) mass is 247 g/mol. The Bertz CT molecular complexity index is 579. The average molecular weight is 247 g/mol. The van der Waals surface area contributed by atoms with Crippen LogP contribution < -0.4 is 5.73 Å². The summed E-state index contributed by atoms with van der Waals surface area (Å²) in [7, 11) is 0. The summed E-state index contributed by atoms with van der Waals surface area (Å²) in [6, 6.07) is 9.97. The maximum absolute atomic E-state index is 13.0. The van der Waals surface area contributed by atoms with Crippen molar-refractivity contribution in [1.29, 1.82) is 0 Å². The van der Waals surface area contributed by atoms with Gasteiger partial charge in [-0.05, 0) is 35.9 Å². The maximum Gasteiger partial charge on any atom is 0.167 e. The molecule has 0 unspecified atom stereocenters. The van der Waals surface area contributed by atoms with Crippen LogP contribution in [0.5, 0.6) is 0 Å². The average Bonchev–Trinajstić information content (AvgIpc) is 2.35. The van der Waals surface area contributed by atoms with Crippen LogP contribution in [0.3, 0.4) is 0 Å². The molecule has 4 heteroatoms. The second-order valence-corrected chi connectivity index (χ2v) is 3.97. The van der Waals surface area contributed by atoms with Gasteiger partial charge < -0.3 is 5.73 Å². The summed E-state index contributed by atoms with van der Waals surface area (Å²) in [4.78, 5) is 11.8. The number of nitrogens with two attached hydrogens (primary N) is 1. The van der Waals surface area contributed by atoms with Crippen LogP contribution in [0.15, 0.2) is 42.5 Å². The molecule has 18 heavy (non-hydrogen) atoms. The van der Waals surface area contributed by atoms with Crippen LogP contribution >= 0.6 is 0 Å². The molecule has 0 saturated carbocycles. The van der Waals surface area contributed by atoms with Crippen molar-refractivity contribution in [2.24, 2.45) is 0 Å². The first-order valence-electron chi connectivity index (χ1n) is 5.39. The van der Waals surface area contributed by atoms with Crippen LogP contribution in [0, 0.1) is 11.6 Å². The van der Waals surface area contributed by atoms with E-state index in [0.717, 1.165) is 17.7 Å². The quantitative estimate of drug-likeness (QED) is 0.669. The van der Waals surface area contributed by atoms with E-state index in [-0.39, 0.29) is 17.8 Å². The van der Waals surface area contributed by atoms with Gasteiger partial charge in [-0.2, -0.15) is 0 Å².